The van der Waals surface area contributed by atoms with E-state index in [2.05, 4.69) is 58.7 Å². The Bertz CT molecular complexity index is 815. The van der Waals surface area contributed by atoms with Gasteiger partial charge in [-0.2, -0.15) is 0 Å². The van der Waals surface area contributed by atoms with Crippen molar-refractivity contribution >= 4 is 5.96 Å². The summed E-state index contributed by atoms with van der Waals surface area (Å²) < 4.78 is 10.7. The van der Waals surface area contributed by atoms with Gasteiger partial charge in [-0.1, -0.05) is 31.1 Å². The highest BCUT2D eigenvalue weighted by Gasteiger charge is 2.30. The summed E-state index contributed by atoms with van der Waals surface area (Å²) in [5.41, 5.74) is 2.30. The van der Waals surface area contributed by atoms with Crippen molar-refractivity contribution in [3.8, 4) is 5.75 Å². The van der Waals surface area contributed by atoms with Crippen LogP contribution in [-0.4, -0.2) is 50.3 Å². The van der Waals surface area contributed by atoms with E-state index >= 15 is 0 Å². The summed E-state index contributed by atoms with van der Waals surface area (Å²) in [5.74, 6) is 3.34. The molecule has 1 aliphatic rings. The number of benzene rings is 1. The molecule has 0 bridgehead atoms. The van der Waals surface area contributed by atoms with Gasteiger partial charge in [-0.25, -0.2) is 0 Å². The molecule has 2 N–H and O–H groups in total. The van der Waals surface area contributed by atoms with E-state index in [0.717, 1.165) is 36.3 Å². The lowest BCUT2D eigenvalue weighted by Crippen LogP contribution is -2.44. The van der Waals surface area contributed by atoms with Gasteiger partial charge in [-0.05, 0) is 56.0 Å². The molecule has 0 aliphatic carbocycles. The van der Waals surface area contributed by atoms with Gasteiger partial charge in [0.05, 0.1) is 19.3 Å². The molecule has 2 aromatic rings. The first kappa shape index (κ1) is 22.2. The van der Waals surface area contributed by atoms with Crippen molar-refractivity contribution in [2.45, 2.75) is 45.2 Å². The number of nitrogens with zero attached hydrogens (tertiary/aromatic N) is 3. The van der Waals surface area contributed by atoms with Crippen LogP contribution in [0.3, 0.4) is 0 Å². The predicted octanol–water partition coefficient (Wildman–Crippen LogP) is 3.55. The van der Waals surface area contributed by atoms with E-state index in [9.17, 15) is 0 Å². The third-order valence-corrected chi connectivity index (χ3v) is 5.82. The number of piperidine rings is 1. The Morgan fingerprint density at radius 3 is 2.70 bits per heavy atom. The molecule has 1 fully saturated rings. The number of hydrogen-bond acceptors (Lipinski definition) is 5. The Morgan fingerprint density at radius 1 is 1.30 bits per heavy atom. The number of methoxy groups -OCH3 is 1. The van der Waals surface area contributed by atoms with Gasteiger partial charge < -0.3 is 19.9 Å². The number of guanidine groups is 1. The second-order valence-electron chi connectivity index (χ2n) is 8.28. The van der Waals surface area contributed by atoms with Gasteiger partial charge in [-0.15, -0.1) is 0 Å². The van der Waals surface area contributed by atoms with Crippen LogP contribution in [0.1, 0.15) is 55.7 Å². The zero-order chi connectivity index (χ0) is 21.5. The monoisotopic (exact) mass is 413 g/mol. The SMILES string of the molecule is CN=C(NCc1cc(C(C)C)no1)NCC1CCCN(C)C1c1ccc(OC)cc1. The van der Waals surface area contributed by atoms with Crippen LogP contribution in [0.4, 0.5) is 0 Å². The van der Waals surface area contributed by atoms with E-state index in [1.54, 1.807) is 14.2 Å². The van der Waals surface area contributed by atoms with E-state index in [1.807, 2.05) is 18.2 Å². The molecule has 1 aromatic heterocycles. The lowest BCUT2D eigenvalue weighted by molar-refractivity contribution is 0.122. The third kappa shape index (κ3) is 5.53. The predicted molar refractivity (Wildman–Crippen MR) is 120 cm³/mol. The molecule has 7 nitrogen and oxygen atoms in total. The van der Waals surface area contributed by atoms with Crippen LogP contribution < -0.4 is 15.4 Å². The zero-order valence-corrected chi connectivity index (χ0v) is 18.8. The normalized spacial score (nSPS) is 20.4. The quantitative estimate of drug-likeness (QED) is 0.534. The number of rotatable bonds is 7. The van der Waals surface area contributed by atoms with Gasteiger partial charge in [0.2, 0.25) is 0 Å². The smallest absolute Gasteiger partial charge is 0.191 e. The van der Waals surface area contributed by atoms with Gasteiger partial charge >= 0.3 is 0 Å². The number of hydrogen-bond donors (Lipinski definition) is 2. The van der Waals surface area contributed by atoms with Crippen LogP contribution in [-0.2, 0) is 6.54 Å². The summed E-state index contributed by atoms with van der Waals surface area (Å²) >= 11 is 0. The molecule has 0 spiro atoms. The summed E-state index contributed by atoms with van der Waals surface area (Å²) in [6.45, 7) is 6.75. The van der Waals surface area contributed by atoms with Gasteiger partial charge in [0, 0.05) is 25.7 Å². The van der Waals surface area contributed by atoms with E-state index in [1.165, 1.54) is 18.4 Å². The second-order valence-corrected chi connectivity index (χ2v) is 8.28. The lowest BCUT2D eigenvalue weighted by Gasteiger charge is -2.40. The van der Waals surface area contributed by atoms with E-state index in [0.29, 0.717) is 24.4 Å². The van der Waals surface area contributed by atoms with Crippen molar-refractivity contribution in [1.82, 2.24) is 20.7 Å². The summed E-state index contributed by atoms with van der Waals surface area (Å²) in [6.07, 6.45) is 2.39. The molecule has 0 radical (unpaired) electrons. The maximum absolute atomic E-state index is 5.41. The van der Waals surface area contributed by atoms with Gasteiger partial charge in [0.15, 0.2) is 11.7 Å². The molecule has 1 aliphatic heterocycles. The summed E-state index contributed by atoms with van der Waals surface area (Å²) in [7, 11) is 5.71. The minimum atomic E-state index is 0.359. The topological polar surface area (TPSA) is 74.9 Å². The fraction of sp³-hybridized carbons (Fsp3) is 0.565. The third-order valence-electron chi connectivity index (χ3n) is 5.82. The first-order chi connectivity index (χ1) is 14.5. The molecule has 3 rings (SSSR count). The Balaban J connectivity index is 1.59. The van der Waals surface area contributed by atoms with Crippen LogP contribution in [0.2, 0.25) is 0 Å². The minimum Gasteiger partial charge on any atom is -0.497 e. The summed E-state index contributed by atoms with van der Waals surface area (Å²) in [4.78, 5) is 6.83. The molecule has 2 unspecified atom stereocenters. The standard InChI is InChI=1S/C23H35N5O2/c1-16(2)21-13-20(30-27-21)15-26-23(24-3)25-14-18-7-6-12-28(4)22(18)17-8-10-19(29-5)11-9-17/h8-11,13,16,18,22H,6-7,12,14-15H2,1-5H3,(H2,24,25,26). The Kier molecular flexibility index (Phi) is 7.74. The van der Waals surface area contributed by atoms with Crippen LogP contribution in [0.25, 0.3) is 0 Å². The second kappa shape index (κ2) is 10.5. The van der Waals surface area contributed by atoms with Crippen LogP contribution in [0, 0.1) is 5.92 Å². The van der Waals surface area contributed by atoms with Crippen molar-refractivity contribution in [3.05, 3.63) is 47.3 Å². The molecule has 1 aromatic carbocycles. The number of likely N-dealkylation sites (tertiary alicyclic amines) is 1. The first-order valence-corrected chi connectivity index (χ1v) is 10.8. The maximum atomic E-state index is 5.41. The summed E-state index contributed by atoms with van der Waals surface area (Å²) in [5, 5.41) is 11.0. The fourth-order valence-electron chi connectivity index (χ4n) is 4.10. The van der Waals surface area contributed by atoms with Crippen LogP contribution in [0.5, 0.6) is 5.75 Å². The molecule has 30 heavy (non-hydrogen) atoms. The van der Waals surface area contributed by atoms with Crippen molar-refractivity contribution in [3.63, 3.8) is 0 Å². The summed E-state index contributed by atoms with van der Waals surface area (Å²) in [6, 6.07) is 10.8. The van der Waals surface area contributed by atoms with Gasteiger partial charge in [0.1, 0.15) is 5.75 Å². The van der Waals surface area contributed by atoms with E-state index in [-0.39, 0.29) is 0 Å². The number of aromatic nitrogens is 1. The minimum absolute atomic E-state index is 0.359. The average Bonchev–Trinajstić information content (AvgIpc) is 3.23. The first-order valence-electron chi connectivity index (χ1n) is 10.8. The van der Waals surface area contributed by atoms with Crippen LogP contribution >= 0.6 is 0 Å². The molecule has 2 atom stereocenters. The molecule has 7 heteroatoms. The number of nitrogens with one attached hydrogen (secondary N) is 2. The maximum Gasteiger partial charge on any atom is 0.191 e. The van der Waals surface area contributed by atoms with Crippen molar-refractivity contribution in [2.75, 3.05) is 34.3 Å². The van der Waals surface area contributed by atoms with Crippen molar-refractivity contribution in [1.29, 1.82) is 0 Å². The zero-order valence-electron chi connectivity index (χ0n) is 18.8. The Morgan fingerprint density at radius 2 is 2.07 bits per heavy atom. The molecule has 0 saturated carbocycles. The number of ether oxygens (including phenoxy) is 1. The highest BCUT2D eigenvalue weighted by Crippen LogP contribution is 2.35. The fourth-order valence-corrected chi connectivity index (χ4v) is 4.10. The Labute approximate surface area is 179 Å². The lowest BCUT2D eigenvalue weighted by atomic mass is 9.85. The molecule has 0 amide bonds. The Hall–Kier alpha value is -2.54. The van der Waals surface area contributed by atoms with Gasteiger partial charge in [-0.3, -0.25) is 9.89 Å². The highest BCUT2D eigenvalue weighted by molar-refractivity contribution is 5.79. The van der Waals surface area contributed by atoms with Gasteiger partial charge in [0.25, 0.3) is 0 Å². The van der Waals surface area contributed by atoms with Crippen molar-refractivity contribution in [2.24, 2.45) is 10.9 Å². The number of aliphatic imine (C=N–C) groups is 1. The molecule has 1 saturated heterocycles. The molecular weight excluding hydrogens is 378 g/mol. The highest BCUT2D eigenvalue weighted by atomic mass is 16.5. The van der Waals surface area contributed by atoms with E-state index < -0.39 is 0 Å². The molecule has 2 heterocycles. The molecule has 164 valence electrons. The average molecular weight is 414 g/mol. The van der Waals surface area contributed by atoms with Crippen LogP contribution in [0.15, 0.2) is 39.8 Å². The molecular formula is C23H35N5O2. The van der Waals surface area contributed by atoms with Crippen molar-refractivity contribution < 1.29 is 9.26 Å². The largest absolute Gasteiger partial charge is 0.497 e. The van der Waals surface area contributed by atoms with E-state index in [4.69, 9.17) is 9.26 Å².